The van der Waals surface area contributed by atoms with Gasteiger partial charge in [-0.1, -0.05) is 12.1 Å². The summed E-state index contributed by atoms with van der Waals surface area (Å²) in [7, 11) is -2.54. The maximum Gasteiger partial charge on any atom is 0.573 e. The highest BCUT2D eigenvalue weighted by Crippen LogP contribution is 2.51. The summed E-state index contributed by atoms with van der Waals surface area (Å²) in [5, 5.41) is 4.59. The zero-order chi connectivity index (χ0) is 29.4. The van der Waals surface area contributed by atoms with Gasteiger partial charge in [0.1, 0.15) is 12.3 Å². The number of hydrogen-bond acceptors (Lipinski definition) is 4. The summed E-state index contributed by atoms with van der Waals surface area (Å²) in [6.07, 6.45) is -6.92. The molecule has 220 valence electrons. The zero-order valence-corrected chi connectivity index (χ0v) is 22.6. The Morgan fingerprint density at radius 3 is 2.22 bits per heavy atom. The fraction of sp³-hybridized carbons (Fsp3) is 0.444. The van der Waals surface area contributed by atoms with Crippen LogP contribution in [0.4, 0.5) is 26.3 Å². The summed E-state index contributed by atoms with van der Waals surface area (Å²) in [6.45, 7) is -1.72. The normalized spacial score (nSPS) is 25.8. The lowest BCUT2D eigenvalue weighted by atomic mass is 9.79. The van der Waals surface area contributed by atoms with Crippen molar-refractivity contribution >= 4 is 10.2 Å². The maximum absolute atomic E-state index is 13.1. The van der Waals surface area contributed by atoms with Crippen molar-refractivity contribution in [3.05, 3.63) is 59.7 Å². The van der Waals surface area contributed by atoms with Crippen molar-refractivity contribution in [2.75, 3.05) is 13.1 Å². The first-order valence-electron chi connectivity index (χ1n) is 13.0. The van der Waals surface area contributed by atoms with Crippen LogP contribution in [0.1, 0.15) is 24.0 Å². The number of fused-ring (bicyclic) bond motifs is 1. The van der Waals surface area contributed by atoms with Gasteiger partial charge in [0, 0.05) is 24.7 Å². The van der Waals surface area contributed by atoms with Gasteiger partial charge in [-0.05, 0) is 85.0 Å². The number of benzene rings is 2. The average Bonchev–Trinajstić information content (AvgIpc) is 3.43. The van der Waals surface area contributed by atoms with E-state index in [1.165, 1.54) is 24.3 Å². The Balaban J connectivity index is 1.26. The minimum absolute atomic E-state index is 0.127. The van der Waals surface area contributed by atoms with Crippen molar-refractivity contribution in [2.45, 2.75) is 43.8 Å². The van der Waals surface area contributed by atoms with Crippen LogP contribution in [0.15, 0.2) is 48.5 Å². The van der Waals surface area contributed by atoms with Crippen LogP contribution in [-0.4, -0.2) is 53.7 Å². The quantitative estimate of drug-likeness (QED) is 0.417. The molecule has 3 atom stereocenters. The molecule has 0 amide bonds. The van der Waals surface area contributed by atoms with E-state index in [1.807, 2.05) is 24.3 Å². The van der Waals surface area contributed by atoms with Crippen molar-refractivity contribution in [1.29, 1.82) is 0 Å². The molecule has 1 spiro atoms. The molecule has 1 saturated heterocycles. The van der Waals surface area contributed by atoms with E-state index in [9.17, 15) is 34.8 Å². The molecule has 2 aromatic carbocycles. The number of nitrogens with zero attached hydrogens (tertiary/aromatic N) is 3. The Bertz CT molecular complexity index is 1590. The maximum atomic E-state index is 13.1. The molecule has 3 aromatic rings. The molecule has 41 heavy (non-hydrogen) atoms. The molecule has 14 heteroatoms. The largest absolute Gasteiger partial charge is 0.573 e. The van der Waals surface area contributed by atoms with Gasteiger partial charge in [0.2, 0.25) is 0 Å². The standard InChI is InChI=1S/C27H26F6N4O3S/c1-36-24(16-4-8-22(9-5-16)40-27(31,32)33)13-23(34-36)18-3-2-17-11-20-6-7-21(12-19(17)10-18)25(20)14-37(15-26(28,29)30)41(38,39)35-25/h2-5,8-10,13,20-21,35H,6-7,11-12,14-15H2,1H3/t20-,21+,25+/m0/s1. The van der Waals surface area contributed by atoms with Crippen molar-refractivity contribution < 1.29 is 39.5 Å². The number of rotatable bonds is 4. The van der Waals surface area contributed by atoms with Crippen molar-refractivity contribution in [3.8, 4) is 28.3 Å². The lowest BCUT2D eigenvalue weighted by Gasteiger charge is -2.33. The van der Waals surface area contributed by atoms with Crippen molar-refractivity contribution in [3.63, 3.8) is 0 Å². The van der Waals surface area contributed by atoms with Gasteiger partial charge < -0.3 is 4.74 Å². The number of ether oxygens (including phenoxy) is 1. The lowest BCUT2D eigenvalue weighted by molar-refractivity contribution is -0.274. The Morgan fingerprint density at radius 1 is 0.951 bits per heavy atom. The monoisotopic (exact) mass is 600 g/mol. The Labute approximate surface area is 232 Å². The zero-order valence-electron chi connectivity index (χ0n) is 21.8. The van der Waals surface area contributed by atoms with E-state index in [0.29, 0.717) is 40.5 Å². The first kappa shape index (κ1) is 28.0. The molecule has 2 bridgehead atoms. The first-order chi connectivity index (χ1) is 19.1. The van der Waals surface area contributed by atoms with E-state index >= 15 is 0 Å². The predicted octanol–water partition coefficient (Wildman–Crippen LogP) is 5.23. The average molecular weight is 601 g/mol. The van der Waals surface area contributed by atoms with Crippen LogP contribution in [0, 0.1) is 11.8 Å². The summed E-state index contributed by atoms with van der Waals surface area (Å²) < 4.78 is 111. The van der Waals surface area contributed by atoms with Crippen LogP contribution in [-0.2, 0) is 30.1 Å². The molecule has 2 heterocycles. The Morgan fingerprint density at radius 2 is 1.59 bits per heavy atom. The van der Waals surface area contributed by atoms with Gasteiger partial charge in [0.15, 0.2) is 0 Å². The molecular weight excluding hydrogens is 574 g/mol. The van der Waals surface area contributed by atoms with Crippen LogP contribution in [0.5, 0.6) is 5.75 Å². The van der Waals surface area contributed by atoms with E-state index in [0.717, 1.165) is 23.1 Å². The summed E-state index contributed by atoms with van der Waals surface area (Å²) >= 11 is 0. The minimum Gasteiger partial charge on any atom is -0.406 e. The number of aromatic nitrogens is 2. The second kappa shape index (κ2) is 9.46. The van der Waals surface area contributed by atoms with Crippen LogP contribution >= 0.6 is 0 Å². The molecule has 0 unspecified atom stereocenters. The van der Waals surface area contributed by atoms with Gasteiger partial charge in [-0.3, -0.25) is 4.68 Å². The number of alkyl halides is 6. The van der Waals surface area contributed by atoms with Crippen LogP contribution in [0.25, 0.3) is 22.5 Å². The molecule has 3 aliphatic rings. The van der Waals surface area contributed by atoms with Gasteiger partial charge in [0.05, 0.1) is 16.9 Å². The molecular formula is C27H26F6N4O3S. The Hall–Kier alpha value is -3.10. The highest BCUT2D eigenvalue weighted by Gasteiger charge is 2.60. The highest BCUT2D eigenvalue weighted by atomic mass is 32.2. The summed E-state index contributed by atoms with van der Waals surface area (Å²) in [4.78, 5) is 0. The van der Waals surface area contributed by atoms with Crippen LogP contribution < -0.4 is 9.46 Å². The van der Waals surface area contributed by atoms with E-state index in [2.05, 4.69) is 14.6 Å². The van der Waals surface area contributed by atoms with E-state index in [4.69, 9.17) is 0 Å². The number of halogens is 6. The third-order valence-corrected chi connectivity index (χ3v) is 10.0. The van der Waals surface area contributed by atoms with Gasteiger partial charge in [0.25, 0.3) is 10.2 Å². The fourth-order valence-corrected chi connectivity index (χ4v) is 8.42. The lowest BCUT2D eigenvalue weighted by Crippen LogP contribution is -2.52. The van der Waals surface area contributed by atoms with Gasteiger partial charge in [-0.25, -0.2) is 0 Å². The van der Waals surface area contributed by atoms with Gasteiger partial charge in [-0.15, -0.1) is 13.2 Å². The molecule has 1 aromatic heterocycles. The summed E-state index contributed by atoms with van der Waals surface area (Å²) in [5.74, 6) is -0.611. The topological polar surface area (TPSA) is 76.5 Å². The van der Waals surface area contributed by atoms with Gasteiger partial charge in [-0.2, -0.15) is 35.7 Å². The molecule has 1 saturated carbocycles. The van der Waals surface area contributed by atoms with Gasteiger partial charge >= 0.3 is 12.5 Å². The molecule has 0 radical (unpaired) electrons. The Kier molecular flexibility index (Phi) is 6.47. The molecule has 6 rings (SSSR count). The second-order valence-electron chi connectivity index (χ2n) is 11.0. The summed E-state index contributed by atoms with van der Waals surface area (Å²) in [5.41, 5.74) is 3.85. The van der Waals surface area contributed by atoms with E-state index in [1.54, 1.807) is 11.7 Å². The number of aryl methyl sites for hydroxylation is 1. The molecule has 2 aliphatic carbocycles. The molecule has 1 aliphatic heterocycles. The number of nitrogens with one attached hydrogen (secondary N) is 1. The molecule has 7 nitrogen and oxygen atoms in total. The van der Waals surface area contributed by atoms with Crippen molar-refractivity contribution in [1.82, 2.24) is 18.8 Å². The fourth-order valence-electron chi connectivity index (χ4n) is 6.71. The molecule has 2 fully saturated rings. The third kappa shape index (κ3) is 5.32. The SMILES string of the molecule is Cn1nc(-c2ccc3c(c2)C[C@H]2CC[C@@H](C3)[C@]23CN(CC(F)(F)F)S(=O)(=O)N3)cc1-c1ccc(OC(F)(F)F)cc1. The van der Waals surface area contributed by atoms with E-state index < -0.39 is 34.8 Å². The van der Waals surface area contributed by atoms with Crippen LogP contribution in [0.2, 0.25) is 0 Å². The second-order valence-corrected chi connectivity index (χ2v) is 12.7. The smallest absolute Gasteiger partial charge is 0.406 e. The molecule has 1 N–H and O–H groups in total. The highest BCUT2D eigenvalue weighted by molar-refractivity contribution is 7.87. The summed E-state index contributed by atoms with van der Waals surface area (Å²) in [6, 6.07) is 13.2. The van der Waals surface area contributed by atoms with Crippen LogP contribution in [0.3, 0.4) is 0 Å². The third-order valence-electron chi connectivity index (χ3n) is 8.47. The predicted molar refractivity (Wildman–Crippen MR) is 137 cm³/mol. The van der Waals surface area contributed by atoms with E-state index in [-0.39, 0.29) is 24.1 Å². The number of hydrogen-bond donors (Lipinski definition) is 1. The van der Waals surface area contributed by atoms with Crippen molar-refractivity contribution in [2.24, 2.45) is 18.9 Å². The first-order valence-corrected chi connectivity index (χ1v) is 14.4. The minimum atomic E-state index is -4.78.